The Morgan fingerprint density at radius 3 is 2.11 bits per heavy atom. The van der Waals surface area contributed by atoms with Crippen molar-refractivity contribution in [1.82, 2.24) is 0 Å². The van der Waals surface area contributed by atoms with E-state index in [-0.39, 0.29) is 56.4 Å². The summed E-state index contributed by atoms with van der Waals surface area (Å²) in [5.74, 6) is 0. The smallest absolute Gasteiger partial charge is 1.00 e. The fraction of sp³-hybridized carbons (Fsp3) is 0.292. The molecule has 0 heterocycles. The van der Waals surface area contributed by atoms with E-state index < -0.39 is 0 Å². The van der Waals surface area contributed by atoms with Gasteiger partial charge in [-0.15, -0.1) is 33.7 Å². The quantitative estimate of drug-likeness (QED) is 0.345. The molecule has 145 valence electrons. The van der Waals surface area contributed by atoms with Gasteiger partial charge in [-0.3, -0.25) is 0 Å². The van der Waals surface area contributed by atoms with E-state index in [9.17, 15) is 0 Å². The maximum atomic E-state index is 2.40. The van der Waals surface area contributed by atoms with Crippen molar-refractivity contribution in [3.8, 4) is 0 Å². The molecule has 0 N–H and O–H groups in total. The largest absolute Gasteiger partial charge is 3.00 e. The van der Waals surface area contributed by atoms with Crippen LogP contribution in [0.15, 0.2) is 66.3 Å². The average Bonchev–Trinajstić information content (AvgIpc) is 3.20. The van der Waals surface area contributed by atoms with E-state index in [0.717, 1.165) is 15.9 Å². The number of hydrogen-bond acceptors (Lipinski definition) is 0. The predicted octanol–water partition coefficient (Wildman–Crippen LogP) is 1.26. The number of hydrogen-bond donors (Lipinski definition) is 0. The van der Waals surface area contributed by atoms with Crippen LogP contribution >= 0.6 is 0 Å². The van der Waals surface area contributed by atoms with Gasteiger partial charge in [0.25, 0.3) is 0 Å². The summed E-state index contributed by atoms with van der Waals surface area (Å²) in [4.78, 5) is 0. The molecule has 4 rings (SSSR count). The Balaban J connectivity index is 0.00000115. The third-order valence-electron chi connectivity index (χ3n) is 4.74. The molecule has 0 amide bonds. The van der Waals surface area contributed by atoms with Crippen molar-refractivity contribution in [3.05, 3.63) is 71.8 Å². The van der Waals surface area contributed by atoms with Gasteiger partial charge >= 0.3 is 26.2 Å². The summed E-state index contributed by atoms with van der Waals surface area (Å²) < 4.78 is 0. The Labute approximate surface area is 204 Å². The Morgan fingerprint density at radius 2 is 1.50 bits per heavy atom. The molecule has 0 bridgehead atoms. The van der Waals surface area contributed by atoms with Crippen LogP contribution in [0.4, 0.5) is 0 Å². The minimum Gasteiger partial charge on any atom is -1.00 e. The molecule has 3 radical (unpaired) electrons. The number of halogens is 2. The molecule has 0 spiro atoms. The zero-order valence-corrected chi connectivity index (χ0v) is 22.2. The molecule has 1 aliphatic rings. The van der Waals surface area contributed by atoms with Gasteiger partial charge in [0.15, 0.2) is 0 Å². The van der Waals surface area contributed by atoms with E-state index in [0.29, 0.717) is 0 Å². The Morgan fingerprint density at radius 1 is 0.893 bits per heavy atom. The van der Waals surface area contributed by atoms with Crippen LogP contribution in [0.25, 0.3) is 27.1 Å². The van der Waals surface area contributed by atoms with Gasteiger partial charge in [-0.2, -0.15) is 0 Å². The van der Waals surface area contributed by atoms with Crippen molar-refractivity contribution in [2.75, 3.05) is 0 Å². The average molecular weight is 506 g/mol. The van der Waals surface area contributed by atoms with Crippen molar-refractivity contribution in [2.45, 2.75) is 40.3 Å². The van der Waals surface area contributed by atoms with E-state index >= 15 is 0 Å². The van der Waals surface area contributed by atoms with E-state index in [4.69, 9.17) is 0 Å². The van der Waals surface area contributed by atoms with Crippen molar-refractivity contribution >= 4 is 36.6 Å². The van der Waals surface area contributed by atoms with Gasteiger partial charge in [-0.05, 0) is 17.4 Å². The first-order chi connectivity index (χ1) is 12.0. The van der Waals surface area contributed by atoms with Crippen LogP contribution in [0.5, 0.6) is 0 Å². The standard InChI is InChI=1S/C22H21.C2H6Si.2ClH.Zr/c1-22(2,3)17-12-11-16(13-17)19-9-6-10-20-18-8-5-4-7-15(18)14-21(19)20;1-3-2;;;/h4-10,12-14H,11H2,1-3H3;1-2H3;2*1H;/q-1;;;;+3/p-2. The maximum absolute atomic E-state index is 2.40. The monoisotopic (exact) mass is 503 g/mol. The summed E-state index contributed by atoms with van der Waals surface area (Å²) in [6.45, 7) is 11.2. The van der Waals surface area contributed by atoms with Crippen LogP contribution in [0.2, 0.25) is 13.1 Å². The fourth-order valence-corrected chi connectivity index (χ4v) is 3.50. The van der Waals surface area contributed by atoms with E-state index in [1.165, 1.54) is 38.3 Å². The molecule has 0 saturated heterocycles. The van der Waals surface area contributed by atoms with Crippen LogP contribution in [0.1, 0.15) is 32.8 Å². The Bertz CT molecular complexity index is 962. The molecule has 3 aromatic rings. The van der Waals surface area contributed by atoms with Gasteiger partial charge in [0.1, 0.15) is 0 Å². The molecule has 0 saturated carbocycles. The minimum atomic E-state index is 0. The first kappa shape index (κ1) is 27.5. The molecule has 4 heteroatoms. The van der Waals surface area contributed by atoms with E-state index in [1.54, 1.807) is 0 Å². The van der Waals surface area contributed by atoms with Gasteiger partial charge in [0, 0.05) is 9.52 Å². The first-order valence-corrected chi connectivity index (χ1v) is 11.0. The van der Waals surface area contributed by atoms with E-state index in [2.05, 4.69) is 94.5 Å². The number of allylic oxidation sites excluding steroid dienone is 4. The van der Waals surface area contributed by atoms with Crippen LogP contribution < -0.4 is 24.8 Å². The second kappa shape index (κ2) is 11.6. The van der Waals surface area contributed by atoms with Gasteiger partial charge in [0.2, 0.25) is 0 Å². The molecule has 0 atom stereocenters. The second-order valence-electron chi connectivity index (χ2n) is 7.78. The Hall–Kier alpha value is -0.530. The summed E-state index contributed by atoms with van der Waals surface area (Å²) in [6.07, 6.45) is 5.83. The number of rotatable bonds is 1. The minimum absolute atomic E-state index is 0. The third-order valence-corrected chi connectivity index (χ3v) is 4.74. The zero-order chi connectivity index (χ0) is 18.0. The summed E-state index contributed by atoms with van der Waals surface area (Å²) in [7, 11) is 1.08. The fourth-order valence-electron chi connectivity index (χ4n) is 3.50. The topological polar surface area (TPSA) is 0 Å². The molecule has 3 aromatic carbocycles. The van der Waals surface area contributed by atoms with Crippen LogP contribution in [0, 0.1) is 5.41 Å². The van der Waals surface area contributed by atoms with Crippen molar-refractivity contribution in [2.24, 2.45) is 5.41 Å². The molecular formula is C24H27Cl2SiZr. The van der Waals surface area contributed by atoms with Crippen LogP contribution in [-0.4, -0.2) is 9.52 Å². The molecule has 0 nitrogen and oxygen atoms in total. The van der Waals surface area contributed by atoms with Gasteiger partial charge in [-0.25, -0.2) is 0 Å². The normalized spacial score (nSPS) is 12.8. The van der Waals surface area contributed by atoms with Crippen LogP contribution in [-0.2, 0) is 26.2 Å². The molecule has 1 aliphatic carbocycles. The van der Waals surface area contributed by atoms with Crippen molar-refractivity contribution in [3.63, 3.8) is 0 Å². The maximum Gasteiger partial charge on any atom is 3.00 e. The van der Waals surface area contributed by atoms with Gasteiger partial charge in [-0.1, -0.05) is 93.6 Å². The van der Waals surface area contributed by atoms with Gasteiger partial charge < -0.3 is 24.8 Å². The summed E-state index contributed by atoms with van der Waals surface area (Å²) in [5, 5.41) is 5.46. The zero-order valence-electron chi connectivity index (χ0n) is 17.2. The first-order valence-electron chi connectivity index (χ1n) is 9.03. The molecule has 28 heavy (non-hydrogen) atoms. The summed E-state index contributed by atoms with van der Waals surface area (Å²) >= 11 is 0. The molecule has 0 unspecified atom stereocenters. The number of benzene rings is 2. The number of fused-ring (bicyclic) bond motifs is 3. The van der Waals surface area contributed by atoms with E-state index in [1.807, 2.05) is 0 Å². The summed E-state index contributed by atoms with van der Waals surface area (Å²) in [6, 6.07) is 17.7. The molecule has 0 fully saturated rings. The van der Waals surface area contributed by atoms with Crippen molar-refractivity contribution in [1.29, 1.82) is 0 Å². The van der Waals surface area contributed by atoms with Gasteiger partial charge in [0.05, 0.1) is 0 Å². The summed E-state index contributed by atoms with van der Waals surface area (Å²) in [5.41, 5.74) is 4.53. The Kier molecular flexibility index (Phi) is 11.4. The molecular weight excluding hydrogens is 478 g/mol. The van der Waals surface area contributed by atoms with Crippen molar-refractivity contribution < 1.29 is 51.0 Å². The molecule has 0 aliphatic heterocycles. The third kappa shape index (κ3) is 5.76. The SMILES string of the molecule is CC(C)(C)C1=CCC(c2cccc3c2[cH-]c2ccccc23)=C1.C[Si]C.[Cl-].[Cl-].[Zr+3]. The predicted molar refractivity (Wildman–Crippen MR) is 115 cm³/mol. The van der Waals surface area contributed by atoms with Crippen LogP contribution in [0.3, 0.4) is 0 Å². The molecule has 0 aromatic heterocycles. The second-order valence-corrected chi connectivity index (χ2v) is 8.78.